The lowest BCUT2D eigenvalue weighted by Crippen LogP contribution is -2.44. The fraction of sp³-hybridized carbons (Fsp3) is 0.533. The summed E-state index contributed by atoms with van der Waals surface area (Å²) in [6.45, 7) is 2.70. The normalized spacial score (nSPS) is 13.6. The summed E-state index contributed by atoms with van der Waals surface area (Å²) in [4.78, 5) is 12.4. The van der Waals surface area contributed by atoms with Crippen molar-refractivity contribution in [3.8, 4) is 0 Å². The number of halogens is 3. The second kappa shape index (κ2) is 7.00. The predicted molar refractivity (Wildman–Crippen MR) is 75.3 cm³/mol. The van der Waals surface area contributed by atoms with E-state index in [1.54, 1.807) is 51.1 Å². The summed E-state index contributed by atoms with van der Waals surface area (Å²) >= 11 is 0. The number of nitrogens with zero attached hydrogens (tertiary/aromatic N) is 1. The van der Waals surface area contributed by atoms with E-state index in [1.807, 2.05) is 0 Å². The molecule has 1 unspecified atom stereocenters. The molecule has 0 aromatic heterocycles. The molecule has 4 nitrogen and oxygen atoms in total. The molecule has 0 heterocycles. The molecule has 0 bridgehead atoms. The van der Waals surface area contributed by atoms with Gasteiger partial charge in [0.1, 0.15) is 12.1 Å². The number of aliphatic hydroxyl groups excluding tert-OH is 1. The number of benzene rings is 1. The van der Waals surface area contributed by atoms with Crippen LogP contribution in [0.2, 0.25) is 0 Å². The molecular weight excluding hydrogens is 299 g/mol. The second-order valence-electron chi connectivity index (χ2n) is 5.90. The van der Waals surface area contributed by atoms with Crippen molar-refractivity contribution in [1.82, 2.24) is 4.90 Å². The molecule has 1 aromatic rings. The molecule has 0 radical (unpaired) electrons. The van der Waals surface area contributed by atoms with E-state index in [1.165, 1.54) is 0 Å². The molecule has 124 valence electrons. The third-order valence-electron chi connectivity index (χ3n) is 2.60. The molecule has 1 N–H and O–H groups in total. The predicted octanol–water partition coefficient (Wildman–Crippen LogP) is 3.52. The van der Waals surface area contributed by atoms with Crippen LogP contribution in [0.1, 0.15) is 32.4 Å². The van der Waals surface area contributed by atoms with Gasteiger partial charge in [-0.05, 0) is 26.3 Å². The van der Waals surface area contributed by atoms with Gasteiger partial charge in [0.05, 0.1) is 12.6 Å². The molecule has 0 fully saturated rings. The van der Waals surface area contributed by atoms with Gasteiger partial charge in [0, 0.05) is 0 Å². The van der Waals surface area contributed by atoms with Gasteiger partial charge in [0.15, 0.2) is 0 Å². The maximum Gasteiger partial charge on any atom is 0.410 e. The van der Waals surface area contributed by atoms with E-state index in [2.05, 4.69) is 0 Å². The summed E-state index contributed by atoms with van der Waals surface area (Å²) in [6.07, 6.45) is -6.91. The van der Waals surface area contributed by atoms with Gasteiger partial charge >= 0.3 is 12.3 Å². The SMILES string of the molecule is CC(C)(C)OC(=O)N(CC(O)c1ccccc1)CC(F)(F)F. The Morgan fingerprint density at radius 2 is 1.77 bits per heavy atom. The van der Waals surface area contributed by atoms with Gasteiger partial charge in [-0.2, -0.15) is 13.2 Å². The summed E-state index contributed by atoms with van der Waals surface area (Å²) < 4.78 is 42.8. The first-order valence-corrected chi connectivity index (χ1v) is 6.75. The first-order chi connectivity index (χ1) is 9.98. The van der Waals surface area contributed by atoms with Crippen molar-refractivity contribution in [1.29, 1.82) is 0 Å². The number of ether oxygens (including phenoxy) is 1. The quantitative estimate of drug-likeness (QED) is 0.924. The van der Waals surface area contributed by atoms with Gasteiger partial charge in [-0.15, -0.1) is 0 Å². The first-order valence-electron chi connectivity index (χ1n) is 6.75. The Labute approximate surface area is 127 Å². The minimum absolute atomic E-state index is 0.429. The Bertz CT molecular complexity index is 483. The van der Waals surface area contributed by atoms with E-state index in [9.17, 15) is 23.1 Å². The highest BCUT2D eigenvalue weighted by atomic mass is 19.4. The number of aliphatic hydroxyl groups is 1. The number of hydrogen-bond acceptors (Lipinski definition) is 3. The molecule has 0 aliphatic heterocycles. The van der Waals surface area contributed by atoms with Gasteiger partial charge in [0.2, 0.25) is 0 Å². The summed E-state index contributed by atoms with van der Waals surface area (Å²) in [5.74, 6) is 0. The molecule has 0 saturated heterocycles. The summed E-state index contributed by atoms with van der Waals surface area (Å²) in [7, 11) is 0. The molecule has 0 spiro atoms. The van der Waals surface area contributed by atoms with E-state index in [0.29, 0.717) is 10.5 Å². The lowest BCUT2D eigenvalue weighted by molar-refractivity contribution is -0.147. The second-order valence-corrected chi connectivity index (χ2v) is 5.90. The Kier molecular flexibility index (Phi) is 5.82. The molecular formula is C15H20F3NO3. The number of carbonyl (C=O) groups excluding carboxylic acids is 1. The van der Waals surface area contributed by atoms with E-state index in [-0.39, 0.29) is 0 Å². The zero-order valence-electron chi connectivity index (χ0n) is 12.7. The molecule has 0 aliphatic carbocycles. The third kappa shape index (κ3) is 6.80. The van der Waals surface area contributed by atoms with Crippen molar-refractivity contribution in [3.63, 3.8) is 0 Å². The van der Waals surface area contributed by atoms with Gasteiger partial charge < -0.3 is 9.84 Å². The molecule has 0 saturated carbocycles. The first kappa shape index (κ1) is 18.3. The monoisotopic (exact) mass is 319 g/mol. The molecule has 1 aromatic carbocycles. The number of rotatable bonds is 4. The van der Waals surface area contributed by atoms with Crippen molar-refractivity contribution in [3.05, 3.63) is 35.9 Å². The average Bonchev–Trinajstić information content (AvgIpc) is 2.35. The maximum atomic E-state index is 12.6. The Morgan fingerprint density at radius 3 is 2.23 bits per heavy atom. The smallest absolute Gasteiger partial charge is 0.410 e. The van der Waals surface area contributed by atoms with Crippen molar-refractivity contribution in [2.45, 2.75) is 38.7 Å². The van der Waals surface area contributed by atoms with Crippen molar-refractivity contribution >= 4 is 6.09 Å². The number of alkyl halides is 3. The lowest BCUT2D eigenvalue weighted by Gasteiger charge is -2.29. The zero-order chi connectivity index (χ0) is 17.0. The Morgan fingerprint density at radius 1 is 1.23 bits per heavy atom. The molecule has 1 rings (SSSR count). The summed E-state index contributed by atoms with van der Waals surface area (Å²) in [5, 5.41) is 10.0. The minimum atomic E-state index is -4.58. The van der Waals surface area contributed by atoms with Crippen LogP contribution in [0.5, 0.6) is 0 Å². The van der Waals surface area contributed by atoms with Crippen molar-refractivity contribution in [2.75, 3.05) is 13.1 Å². The fourth-order valence-corrected chi connectivity index (χ4v) is 1.74. The standard InChI is InChI=1S/C15H20F3NO3/c1-14(2,3)22-13(21)19(10-15(16,17)18)9-12(20)11-7-5-4-6-8-11/h4-8,12,20H,9-10H2,1-3H3. The van der Waals surface area contributed by atoms with E-state index in [0.717, 1.165) is 0 Å². The van der Waals surface area contributed by atoms with Crippen LogP contribution >= 0.6 is 0 Å². The van der Waals surface area contributed by atoms with Crippen LogP contribution in [0.15, 0.2) is 30.3 Å². The fourth-order valence-electron chi connectivity index (χ4n) is 1.74. The van der Waals surface area contributed by atoms with E-state index in [4.69, 9.17) is 4.74 Å². The summed E-state index contributed by atoms with van der Waals surface area (Å²) in [5.41, 5.74) is -0.489. The van der Waals surface area contributed by atoms with Crippen LogP contribution in [-0.4, -0.2) is 41.0 Å². The third-order valence-corrected chi connectivity index (χ3v) is 2.60. The Hall–Kier alpha value is -1.76. The molecule has 1 amide bonds. The molecule has 1 atom stereocenters. The summed E-state index contributed by atoms with van der Waals surface area (Å²) in [6, 6.07) is 8.18. The minimum Gasteiger partial charge on any atom is -0.444 e. The van der Waals surface area contributed by atoms with Gasteiger partial charge in [0.25, 0.3) is 0 Å². The Balaban J connectivity index is 2.84. The average molecular weight is 319 g/mol. The van der Waals surface area contributed by atoms with Crippen LogP contribution in [0.3, 0.4) is 0 Å². The van der Waals surface area contributed by atoms with Gasteiger partial charge in [-0.1, -0.05) is 30.3 Å². The maximum absolute atomic E-state index is 12.6. The van der Waals surface area contributed by atoms with Crippen LogP contribution in [0, 0.1) is 0 Å². The highest BCUT2D eigenvalue weighted by Gasteiger charge is 2.36. The van der Waals surface area contributed by atoms with Crippen LogP contribution < -0.4 is 0 Å². The number of carbonyl (C=O) groups is 1. The lowest BCUT2D eigenvalue weighted by atomic mass is 10.1. The van der Waals surface area contributed by atoms with Crippen LogP contribution in [-0.2, 0) is 4.74 Å². The van der Waals surface area contributed by atoms with Crippen molar-refractivity contribution < 1.29 is 27.8 Å². The van der Waals surface area contributed by atoms with Crippen molar-refractivity contribution in [2.24, 2.45) is 0 Å². The van der Waals surface area contributed by atoms with E-state index >= 15 is 0 Å². The number of hydrogen-bond donors (Lipinski definition) is 1. The largest absolute Gasteiger partial charge is 0.444 e. The molecule has 0 aliphatic rings. The highest BCUT2D eigenvalue weighted by Crippen LogP contribution is 2.22. The zero-order valence-corrected chi connectivity index (χ0v) is 12.7. The van der Waals surface area contributed by atoms with Crippen LogP contribution in [0.4, 0.5) is 18.0 Å². The highest BCUT2D eigenvalue weighted by molar-refractivity contribution is 5.68. The molecule has 22 heavy (non-hydrogen) atoms. The van der Waals surface area contributed by atoms with Crippen LogP contribution in [0.25, 0.3) is 0 Å². The van der Waals surface area contributed by atoms with Gasteiger partial charge in [-0.25, -0.2) is 4.79 Å². The topological polar surface area (TPSA) is 49.8 Å². The number of amides is 1. The van der Waals surface area contributed by atoms with E-state index < -0.39 is 37.1 Å². The van der Waals surface area contributed by atoms with Gasteiger partial charge in [-0.3, -0.25) is 4.90 Å². The molecule has 7 heteroatoms.